The Morgan fingerprint density at radius 2 is 1.41 bits per heavy atom. The number of methoxy groups -OCH3 is 2. The van der Waals surface area contributed by atoms with Crippen molar-refractivity contribution in [2.24, 2.45) is 0 Å². The normalized spacial score (nSPS) is 12.8. The number of aliphatic hydroxyl groups is 1. The summed E-state index contributed by atoms with van der Waals surface area (Å²) < 4.78 is 41.0. The zero-order valence-corrected chi connectivity index (χ0v) is 21.1. The molecule has 9 heteroatoms. The van der Waals surface area contributed by atoms with Crippen LogP contribution in [0.2, 0.25) is 0 Å². The van der Waals surface area contributed by atoms with Crippen molar-refractivity contribution < 1.29 is 23.0 Å². The van der Waals surface area contributed by atoms with Gasteiger partial charge in [-0.15, -0.1) is 0 Å². The molecule has 2 aromatic carbocycles. The first-order chi connectivity index (χ1) is 16.2. The fraction of sp³-hybridized carbons (Fsp3) is 0.400. The quantitative estimate of drug-likeness (QED) is 0.433. The van der Waals surface area contributed by atoms with Crippen molar-refractivity contribution in [3.63, 3.8) is 0 Å². The van der Waals surface area contributed by atoms with E-state index in [2.05, 4.69) is 5.10 Å². The first-order valence-electron chi connectivity index (χ1n) is 11.2. The van der Waals surface area contributed by atoms with Crippen LogP contribution in [0, 0.1) is 0 Å². The Morgan fingerprint density at radius 3 is 1.79 bits per heavy atom. The topological polar surface area (TPSA) is 93.9 Å². The van der Waals surface area contributed by atoms with E-state index in [0.29, 0.717) is 23.6 Å². The highest BCUT2D eigenvalue weighted by Crippen LogP contribution is 2.27. The summed E-state index contributed by atoms with van der Waals surface area (Å²) in [5, 5.41) is 14.8. The van der Waals surface area contributed by atoms with Crippen LogP contribution in [0.4, 0.5) is 0 Å². The average molecular weight is 488 g/mol. The molecule has 0 bridgehead atoms. The molecule has 0 aliphatic rings. The first kappa shape index (κ1) is 25.7. The van der Waals surface area contributed by atoms with Crippen LogP contribution in [0.15, 0.2) is 59.6 Å². The number of sulfonamides is 1. The van der Waals surface area contributed by atoms with E-state index in [1.807, 2.05) is 45.0 Å². The minimum atomic E-state index is -3.98. The van der Waals surface area contributed by atoms with Crippen LogP contribution in [-0.4, -0.2) is 41.8 Å². The SMILES string of the molecule is CCC(O)c1cc(S(=O)(=O)N(Cc2ccc(OC)cc2)Cc2ccc(OC)cc2)nn1C(C)C. The minimum Gasteiger partial charge on any atom is -0.497 e. The molecule has 0 amide bonds. The summed E-state index contributed by atoms with van der Waals surface area (Å²) >= 11 is 0. The van der Waals surface area contributed by atoms with Gasteiger partial charge in [-0.3, -0.25) is 4.68 Å². The Morgan fingerprint density at radius 1 is 0.941 bits per heavy atom. The van der Waals surface area contributed by atoms with Crippen molar-refractivity contribution in [1.82, 2.24) is 14.1 Å². The van der Waals surface area contributed by atoms with E-state index in [1.165, 1.54) is 10.4 Å². The van der Waals surface area contributed by atoms with Gasteiger partial charge in [0.25, 0.3) is 10.0 Å². The van der Waals surface area contributed by atoms with Crippen LogP contribution in [0.25, 0.3) is 0 Å². The van der Waals surface area contributed by atoms with Gasteiger partial charge in [0.05, 0.1) is 26.0 Å². The molecule has 3 rings (SSSR count). The number of ether oxygens (including phenoxy) is 2. The summed E-state index contributed by atoms with van der Waals surface area (Å²) in [6.45, 7) is 5.96. The van der Waals surface area contributed by atoms with E-state index in [4.69, 9.17) is 9.47 Å². The second-order valence-corrected chi connectivity index (χ2v) is 10.2. The van der Waals surface area contributed by atoms with Crippen LogP contribution in [0.3, 0.4) is 0 Å². The molecule has 8 nitrogen and oxygen atoms in total. The zero-order chi connectivity index (χ0) is 24.9. The molecule has 0 aliphatic heterocycles. The van der Waals surface area contributed by atoms with E-state index >= 15 is 0 Å². The van der Waals surface area contributed by atoms with Gasteiger partial charge in [-0.2, -0.15) is 9.40 Å². The monoisotopic (exact) mass is 487 g/mol. The average Bonchev–Trinajstić information content (AvgIpc) is 3.31. The second kappa shape index (κ2) is 11.0. The van der Waals surface area contributed by atoms with E-state index in [0.717, 1.165) is 11.1 Å². The van der Waals surface area contributed by atoms with Crippen molar-refractivity contribution in [2.45, 2.75) is 57.5 Å². The molecule has 1 N–H and O–H groups in total. The van der Waals surface area contributed by atoms with E-state index in [9.17, 15) is 13.5 Å². The molecule has 184 valence electrons. The third kappa shape index (κ3) is 5.78. The molecule has 0 spiro atoms. The molecule has 0 saturated carbocycles. The molecule has 1 heterocycles. The lowest BCUT2D eigenvalue weighted by Gasteiger charge is -2.22. The van der Waals surface area contributed by atoms with Crippen molar-refractivity contribution in [2.75, 3.05) is 14.2 Å². The number of aromatic nitrogens is 2. The van der Waals surface area contributed by atoms with Gasteiger partial charge in [-0.05, 0) is 55.7 Å². The molecule has 1 atom stereocenters. The maximum absolute atomic E-state index is 13.8. The van der Waals surface area contributed by atoms with E-state index in [1.54, 1.807) is 43.2 Å². The van der Waals surface area contributed by atoms with Crippen LogP contribution in [0.5, 0.6) is 11.5 Å². The van der Waals surface area contributed by atoms with Gasteiger partial charge in [-0.1, -0.05) is 31.2 Å². The standard InChI is InChI=1S/C25H33N3O5S/c1-6-24(29)23-15-25(26-28(23)18(2)3)34(30,31)27(16-19-7-11-21(32-4)12-8-19)17-20-9-13-22(33-5)14-10-20/h7-15,18,24,29H,6,16-17H2,1-5H3. The summed E-state index contributed by atoms with van der Waals surface area (Å²) in [4.78, 5) is 0. The lowest BCUT2D eigenvalue weighted by atomic mass is 10.2. The summed E-state index contributed by atoms with van der Waals surface area (Å²) in [7, 11) is -0.806. The summed E-state index contributed by atoms with van der Waals surface area (Å²) in [6.07, 6.45) is -0.338. The van der Waals surface area contributed by atoms with Gasteiger partial charge in [0.15, 0.2) is 5.03 Å². The lowest BCUT2D eigenvalue weighted by Crippen LogP contribution is -2.30. The van der Waals surface area contributed by atoms with Gasteiger partial charge in [0.2, 0.25) is 0 Å². The van der Waals surface area contributed by atoms with Crippen LogP contribution in [0.1, 0.15) is 56.2 Å². The molecule has 0 saturated heterocycles. The van der Waals surface area contributed by atoms with E-state index in [-0.39, 0.29) is 24.2 Å². The highest BCUT2D eigenvalue weighted by atomic mass is 32.2. The van der Waals surface area contributed by atoms with Crippen LogP contribution in [-0.2, 0) is 23.1 Å². The number of hydrogen-bond acceptors (Lipinski definition) is 6. The van der Waals surface area contributed by atoms with Crippen molar-refractivity contribution in [3.05, 3.63) is 71.4 Å². The maximum atomic E-state index is 13.8. The fourth-order valence-corrected chi connectivity index (χ4v) is 4.97. The van der Waals surface area contributed by atoms with Crippen LogP contribution >= 0.6 is 0 Å². The lowest BCUT2D eigenvalue weighted by molar-refractivity contribution is 0.160. The molecular weight excluding hydrogens is 454 g/mol. The predicted molar refractivity (Wildman–Crippen MR) is 130 cm³/mol. The molecule has 0 aliphatic carbocycles. The molecule has 0 radical (unpaired) electrons. The Kier molecular flexibility index (Phi) is 8.35. The Balaban J connectivity index is 2.02. The largest absolute Gasteiger partial charge is 0.497 e. The zero-order valence-electron chi connectivity index (χ0n) is 20.3. The van der Waals surface area contributed by atoms with Crippen molar-refractivity contribution >= 4 is 10.0 Å². The van der Waals surface area contributed by atoms with Crippen LogP contribution < -0.4 is 9.47 Å². The summed E-state index contributed by atoms with van der Waals surface area (Å²) in [5.41, 5.74) is 2.12. The molecule has 1 aromatic heterocycles. The molecule has 34 heavy (non-hydrogen) atoms. The molecule has 0 fully saturated rings. The van der Waals surface area contributed by atoms with E-state index < -0.39 is 16.1 Å². The summed E-state index contributed by atoms with van der Waals surface area (Å²) in [5.74, 6) is 1.39. The number of rotatable bonds is 11. The summed E-state index contributed by atoms with van der Waals surface area (Å²) in [6, 6.07) is 16.0. The van der Waals surface area contributed by atoms with Gasteiger partial charge < -0.3 is 14.6 Å². The Hall–Kier alpha value is -2.88. The number of hydrogen-bond donors (Lipinski definition) is 1. The number of nitrogens with zero attached hydrogens (tertiary/aromatic N) is 3. The van der Waals surface area contributed by atoms with Gasteiger partial charge in [0, 0.05) is 25.2 Å². The highest BCUT2D eigenvalue weighted by Gasteiger charge is 2.30. The minimum absolute atomic E-state index is 0.0780. The molecule has 1 unspecified atom stereocenters. The maximum Gasteiger partial charge on any atom is 0.263 e. The van der Waals surface area contributed by atoms with Gasteiger partial charge in [-0.25, -0.2) is 8.42 Å². The Labute approximate surface area is 201 Å². The Bertz CT molecular complexity index is 1120. The van der Waals surface area contributed by atoms with Gasteiger partial charge >= 0.3 is 0 Å². The number of benzene rings is 2. The third-order valence-electron chi connectivity index (χ3n) is 5.60. The predicted octanol–water partition coefficient (Wildman–Crippen LogP) is 4.32. The molecule has 3 aromatic rings. The number of aliphatic hydroxyl groups excluding tert-OH is 1. The third-order valence-corrected chi connectivity index (χ3v) is 7.27. The fourth-order valence-electron chi connectivity index (χ4n) is 3.61. The smallest absolute Gasteiger partial charge is 0.263 e. The molecular formula is C25H33N3O5S. The van der Waals surface area contributed by atoms with Gasteiger partial charge in [0.1, 0.15) is 11.5 Å². The second-order valence-electron chi connectivity index (χ2n) is 8.34. The first-order valence-corrected chi connectivity index (χ1v) is 12.7. The van der Waals surface area contributed by atoms with Crippen molar-refractivity contribution in [3.8, 4) is 11.5 Å². The highest BCUT2D eigenvalue weighted by molar-refractivity contribution is 7.89. The van der Waals surface area contributed by atoms with Crippen molar-refractivity contribution in [1.29, 1.82) is 0 Å².